The predicted molar refractivity (Wildman–Crippen MR) is 131 cm³/mol. The molecule has 4 nitrogen and oxygen atoms in total. The number of unbranched alkanes of at least 4 members (excludes halogenated alkanes) is 1. The maximum Gasteiger partial charge on any atom is 0.254 e. The van der Waals surface area contributed by atoms with E-state index in [0.29, 0.717) is 13.1 Å². The summed E-state index contributed by atoms with van der Waals surface area (Å²) in [6.07, 6.45) is 1.67. The highest BCUT2D eigenvalue weighted by molar-refractivity contribution is 6.07. The molecule has 4 aromatic carbocycles. The molecule has 0 atom stereocenters. The molecule has 0 aromatic heterocycles. The van der Waals surface area contributed by atoms with Gasteiger partial charge in [-0.1, -0.05) is 72.8 Å². The Morgan fingerprint density at radius 2 is 0.938 bits per heavy atom. The molecule has 0 unspecified atom stereocenters. The molecule has 0 saturated heterocycles. The van der Waals surface area contributed by atoms with Gasteiger partial charge < -0.3 is 9.80 Å². The summed E-state index contributed by atoms with van der Waals surface area (Å²) in [6, 6.07) is 27.6. The van der Waals surface area contributed by atoms with Gasteiger partial charge in [-0.3, -0.25) is 9.59 Å². The van der Waals surface area contributed by atoms with Crippen molar-refractivity contribution in [2.75, 3.05) is 27.2 Å². The molecular weight excluding hydrogens is 396 g/mol. The lowest BCUT2D eigenvalue weighted by Crippen LogP contribution is -2.30. The molecule has 32 heavy (non-hydrogen) atoms. The molecule has 0 radical (unpaired) electrons. The van der Waals surface area contributed by atoms with Crippen LogP contribution < -0.4 is 0 Å². The quantitative estimate of drug-likeness (QED) is 0.362. The summed E-state index contributed by atoms with van der Waals surface area (Å²) in [6.45, 7) is 1.30. The van der Waals surface area contributed by atoms with Crippen molar-refractivity contribution in [3.8, 4) is 0 Å². The number of benzene rings is 4. The molecule has 0 aliphatic heterocycles. The van der Waals surface area contributed by atoms with Gasteiger partial charge in [-0.15, -0.1) is 0 Å². The summed E-state index contributed by atoms with van der Waals surface area (Å²) in [5, 5.41) is 4.10. The van der Waals surface area contributed by atoms with Crippen LogP contribution >= 0.6 is 0 Å². The predicted octanol–water partition coefficient (Wildman–Crippen LogP) is 5.62. The zero-order valence-corrected chi connectivity index (χ0v) is 18.6. The van der Waals surface area contributed by atoms with E-state index in [2.05, 4.69) is 0 Å². The molecule has 0 N–H and O–H groups in total. The van der Waals surface area contributed by atoms with Crippen LogP contribution in [-0.2, 0) is 0 Å². The largest absolute Gasteiger partial charge is 0.342 e. The van der Waals surface area contributed by atoms with Crippen LogP contribution in [0.15, 0.2) is 84.9 Å². The highest BCUT2D eigenvalue weighted by Crippen LogP contribution is 2.21. The van der Waals surface area contributed by atoms with Crippen LogP contribution in [0.2, 0.25) is 0 Å². The first-order valence-electron chi connectivity index (χ1n) is 11.0. The van der Waals surface area contributed by atoms with Crippen molar-refractivity contribution in [1.82, 2.24) is 9.80 Å². The monoisotopic (exact) mass is 424 g/mol. The molecule has 2 amide bonds. The number of rotatable bonds is 7. The normalized spacial score (nSPS) is 10.9. The van der Waals surface area contributed by atoms with Crippen LogP contribution in [0.1, 0.15) is 33.6 Å². The van der Waals surface area contributed by atoms with Gasteiger partial charge in [0.1, 0.15) is 0 Å². The molecule has 0 aliphatic carbocycles. The lowest BCUT2D eigenvalue weighted by Gasteiger charge is -2.21. The highest BCUT2D eigenvalue weighted by Gasteiger charge is 2.16. The molecule has 0 fully saturated rings. The molecule has 0 spiro atoms. The van der Waals surface area contributed by atoms with Gasteiger partial charge in [0.25, 0.3) is 11.8 Å². The van der Waals surface area contributed by atoms with Crippen LogP contribution in [0.5, 0.6) is 0 Å². The molecule has 4 heteroatoms. The van der Waals surface area contributed by atoms with Crippen LogP contribution in [0.3, 0.4) is 0 Å². The van der Waals surface area contributed by atoms with Crippen LogP contribution in [0.4, 0.5) is 0 Å². The zero-order valence-electron chi connectivity index (χ0n) is 18.6. The summed E-state index contributed by atoms with van der Waals surface area (Å²) in [7, 11) is 3.68. The minimum atomic E-state index is 0.0296. The van der Waals surface area contributed by atoms with Crippen molar-refractivity contribution in [2.24, 2.45) is 0 Å². The Morgan fingerprint density at radius 3 is 1.38 bits per heavy atom. The van der Waals surface area contributed by atoms with Crippen molar-refractivity contribution in [1.29, 1.82) is 0 Å². The fraction of sp³-hybridized carbons (Fsp3) is 0.214. The minimum Gasteiger partial charge on any atom is -0.342 e. The minimum absolute atomic E-state index is 0.0296. The van der Waals surface area contributed by atoms with Crippen LogP contribution in [0.25, 0.3) is 21.5 Å². The zero-order chi connectivity index (χ0) is 22.5. The Kier molecular flexibility index (Phi) is 6.50. The first kappa shape index (κ1) is 21.6. The number of nitrogens with zero attached hydrogens (tertiary/aromatic N) is 2. The second-order valence-corrected chi connectivity index (χ2v) is 8.21. The van der Waals surface area contributed by atoms with Gasteiger partial charge >= 0.3 is 0 Å². The maximum atomic E-state index is 13.0. The average molecular weight is 425 g/mol. The number of hydrogen-bond acceptors (Lipinski definition) is 2. The first-order valence-corrected chi connectivity index (χ1v) is 11.0. The molecule has 0 saturated carbocycles. The summed E-state index contributed by atoms with van der Waals surface area (Å²) < 4.78 is 0. The smallest absolute Gasteiger partial charge is 0.254 e. The van der Waals surface area contributed by atoms with Crippen molar-refractivity contribution in [3.63, 3.8) is 0 Å². The standard InChI is InChI=1S/C28H28N2O2/c1-29(27(31)25-17-9-13-21-11-3-5-15-23(21)25)19-7-8-20-30(2)28(32)26-18-10-14-22-12-4-6-16-24(22)26/h3-6,9-18H,7-8,19-20H2,1-2H3. The summed E-state index contributed by atoms with van der Waals surface area (Å²) in [4.78, 5) is 29.5. The SMILES string of the molecule is CN(CCCCN(C)C(=O)c1cccc2ccccc12)C(=O)c1cccc2ccccc12. The fourth-order valence-corrected chi connectivity index (χ4v) is 4.14. The molecule has 0 aliphatic rings. The van der Waals surface area contributed by atoms with Gasteiger partial charge in [-0.25, -0.2) is 0 Å². The molecule has 4 aromatic rings. The second kappa shape index (κ2) is 9.65. The fourth-order valence-electron chi connectivity index (χ4n) is 4.14. The van der Waals surface area contributed by atoms with E-state index < -0.39 is 0 Å². The number of carbonyl (C=O) groups excluding carboxylic acids is 2. The van der Waals surface area contributed by atoms with E-state index in [1.165, 1.54) is 0 Å². The van der Waals surface area contributed by atoms with Gasteiger partial charge in [0, 0.05) is 38.3 Å². The van der Waals surface area contributed by atoms with E-state index in [9.17, 15) is 9.59 Å². The van der Waals surface area contributed by atoms with E-state index in [0.717, 1.165) is 45.5 Å². The summed E-state index contributed by atoms with van der Waals surface area (Å²) in [5.74, 6) is 0.0592. The van der Waals surface area contributed by atoms with Gasteiger partial charge in [0.05, 0.1) is 0 Å². The topological polar surface area (TPSA) is 40.6 Å². The third kappa shape index (κ3) is 4.50. The van der Waals surface area contributed by atoms with Crippen LogP contribution in [0, 0.1) is 0 Å². The second-order valence-electron chi connectivity index (χ2n) is 8.21. The third-order valence-electron chi connectivity index (χ3n) is 5.97. The van der Waals surface area contributed by atoms with Crippen molar-refractivity contribution in [2.45, 2.75) is 12.8 Å². The molecule has 0 bridgehead atoms. The lowest BCUT2D eigenvalue weighted by molar-refractivity contribution is 0.0768. The summed E-state index contributed by atoms with van der Waals surface area (Å²) in [5.41, 5.74) is 1.46. The van der Waals surface area contributed by atoms with Gasteiger partial charge in [0.2, 0.25) is 0 Å². The average Bonchev–Trinajstić information content (AvgIpc) is 2.84. The molecular formula is C28H28N2O2. The van der Waals surface area contributed by atoms with Crippen molar-refractivity contribution < 1.29 is 9.59 Å². The Morgan fingerprint density at radius 1 is 0.562 bits per heavy atom. The van der Waals surface area contributed by atoms with Gasteiger partial charge in [-0.05, 0) is 46.5 Å². The number of hydrogen-bond donors (Lipinski definition) is 0. The van der Waals surface area contributed by atoms with Crippen LogP contribution in [-0.4, -0.2) is 48.8 Å². The lowest BCUT2D eigenvalue weighted by atomic mass is 10.0. The Hall–Kier alpha value is -3.66. The molecule has 4 rings (SSSR count). The van der Waals surface area contributed by atoms with E-state index in [1.807, 2.05) is 99.0 Å². The Labute approximate surface area is 189 Å². The van der Waals surface area contributed by atoms with E-state index in [4.69, 9.17) is 0 Å². The van der Waals surface area contributed by atoms with E-state index >= 15 is 0 Å². The Balaban J connectivity index is 1.32. The van der Waals surface area contributed by atoms with Gasteiger partial charge in [-0.2, -0.15) is 0 Å². The third-order valence-corrected chi connectivity index (χ3v) is 5.97. The Bertz CT molecular complexity index is 1150. The van der Waals surface area contributed by atoms with E-state index in [-0.39, 0.29) is 11.8 Å². The molecule has 0 heterocycles. The van der Waals surface area contributed by atoms with Gasteiger partial charge in [0.15, 0.2) is 0 Å². The number of carbonyl (C=O) groups is 2. The van der Waals surface area contributed by atoms with Crippen molar-refractivity contribution in [3.05, 3.63) is 96.1 Å². The summed E-state index contributed by atoms with van der Waals surface area (Å²) >= 11 is 0. The number of amides is 2. The molecule has 162 valence electrons. The maximum absolute atomic E-state index is 13.0. The highest BCUT2D eigenvalue weighted by atomic mass is 16.2. The first-order chi connectivity index (χ1) is 15.6. The van der Waals surface area contributed by atoms with E-state index in [1.54, 1.807) is 9.80 Å². The van der Waals surface area contributed by atoms with Crippen molar-refractivity contribution >= 4 is 33.4 Å². The number of fused-ring (bicyclic) bond motifs is 2.